The molecule has 4 nitrogen and oxygen atoms in total. The van der Waals surface area contributed by atoms with Gasteiger partial charge in [0, 0.05) is 9.77 Å². The summed E-state index contributed by atoms with van der Waals surface area (Å²) in [5.41, 5.74) is -0.0662. The van der Waals surface area contributed by atoms with Crippen molar-refractivity contribution in [2.45, 2.75) is 26.4 Å². The van der Waals surface area contributed by atoms with Crippen LogP contribution in [0.2, 0.25) is 5.15 Å². The van der Waals surface area contributed by atoms with E-state index in [0.29, 0.717) is 5.69 Å². The first-order valence-electron chi connectivity index (χ1n) is 4.59. The molecule has 0 aliphatic carbocycles. The van der Waals surface area contributed by atoms with E-state index in [1.165, 1.54) is 0 Å². The highest BCUT2D eigenvalue weighted by atomic mass is 127. The van der Waals surface area contributed by atoms with Crippen molar-refractivity contribution in [1.29, 1.82) is 0 Å². The molecule has 0 saturated carbocycles. The van der Waals surface area contributed by atoms with Gasteiger partial charge in [0.05, 0.1) is 5.69 Å². The number of aromatic nitrogens is 1. The number of amides is 1. The highest BCUT2D eigenvalue weighted by Gasteiger charge is 2.18. The van der Waals surface area contributed by atoms with Gasteiger partial charge in [0.25, 0.3) is 0 Å². The molecule has 1 rings (SSSR count). The second-order valence-corrected chi connectivity index (χ2v) is 5.61. The minimum atomic E-state index is -0.541. The molecule has 0 bridgehead atoms. The fraction of sp³-hybridized carbons (Fsp3) is 0.400. The van der Waals surface area contributed by atoms with E-state index in [4.69, 9.17) is 16.3 Å². The number of halogens is 2. The van der Waals surface area contributed by atoms with Gasteiger partial charge >= 0.3 is 6.09 Å². The molecule has 0 aliphatic heterocycles. The Labute approximate surface area is 113 Å². The number of carbonyl (C=O) groups is 1. The van der Waals surface area contributed by atoms with E-state index in [9.17, 15) is 4.79 Å². The molecule has 0 atom stereocenters. The zero-order valence-corrected chi connectivity index (χ0v) is 12.1. The number of pyridine rings is 1. The maximum atomic E-state index is 11.5. The minimum Gasteiger partial charge on any atom is -0.444 e. The van der Waals surface area contributed by atoms with Crippen LogP contribution in [0, 0.1) is 3.57 Å². The van der Waals surface area contributed by atoms with Crippen molar-refractivity contribution in [1.82, 2.24) is 4.98 Å². The monoisotopic (exact) mass is 354 g/mol. The standard InChI is InChI=1S/C10H12ClIN2O2/c1-10(2,3)16-9(15)14-7-6(12)4-5-13-8(7)11/h4-5H,1-3H3,(H,14,15). The quantitative estimate of drug-likeness (QED) is 0.618. The lowest BCUT2D eigenvalue weighted by Crippen LogP contribution is -2.27. The first-order valence-corrected chi connectivity index (χ1v) is 6.05. The van der Waals surface area contributed by atoms with Crippen LogP contribution < -0.4 is 5.32 Å². The Kier molecular flexibility index (Phi) is 4.37. The zero-order chi connectivity index (χ0) is 12.3. The second-order valence-electron chi connectivity index (χ2n) is 4.09. The molecule has 0 unspecified atom stereocenters. The Balaban J connectivity index is 2.78. The van der Waals surface area contributed by atoms with Crippen molar-refractivity contribution in [2.24, 2.45) is 0 Å². The molecular formula is C10H12ClIN2O2. The molecule has 16 heavy (non-hydrogen) atoms. The summed E-state index contributed by atoms with van der Waals surface area (Å²) >= 11 is 7.92. The summed E-state index contributed by atoms with van der Waals surface area (Å²) in [6.07, 6.45) is 1.03. The topological polar surface area (TPSA) is 51.2 Å². The minimum absolute atomic E-state index is 0.248. The molecule has 1 heterocycles. The molecule has 0 spiro atoms. The van der Waals surface area contributed by atoms with Crippen LogP contribution in [0.5, 0.6) is 0 Å². The van der Waals surface area contributed by atoms with Gasteiger partial charge in [-0.2, -0.15) is 0 Å². The second kappa shape index (κ2) is 5.18. The fourth-order valence-corrected chi connectivity index (χ4v) is 1.85. The summed E-state index contributed by atoms with van der Waals surface area (Å²) < 4.78 is 5.92. The predicted octanol–water partition coefficient (Wildman–Crippen LogP) is 3.69. The van der Waals surface area contributed by atoms with Crippen molar-refractivity contribution in [3.05, 3.63) is 21.0 Å². The molecule has 0 aliphatic rings. The van der Waals surface area contributed by atoms with E-state index < -0.39 is 11.7 Å². The smallest absolute Gasteiger partial charge is 0.412 e. The van der Waals surface area contributed by atoms with Crippen molar-refractivity contribution in [3.63, 3.8) is 0 Å². The first kappa shape index (κ1) is 13.5. The number of hydrogen-bond donors (Lipinski definition) is 1. The van der Waals surface area contributed by atoms with Gasteiger partial charge in [-0.3, -0.25) is 5.32 Å². The molecule has 0 radical (unpaired) electrons. The number of carbonyl (C=O) groups excluding carboxylic acids is 1. The Morgan fingerprint density at radius 2 is 2.19 bits per heavy atom. The third-order valence-electron chi connectivity index (χ3n) is 1.48. The highest BCUT2D eigenvalue weighted by Crippen LogP contribution is 2.25. The summed E-state index contributed by atoms with van der Waals surface area (Å²) in [5.74, 6) is 0. The third-order valence-corrected chi connectivity index (χ3v) is 2.67. The molecule has 0 aromatic carbocycles. The van der Waals surface area contributed by atoms with E-state index in [1.807, 2.05) is 0 Å². The lowest BCUT2D eigenvalue weighted by Gasteiger charge is -2.20. The Hall–Kier alpha value is -0.560. The third kappa shape index (κ3) is 4.13. The van der Waals surface area contributed by atoms with Crippen molar-refractivity contribution >= 4 is 46.0 Å². The van der Waals surface area contributed by atoms with Gasteiger partial charge in [-0.1, -0.05) is 11.6 Å². The van der Waals surface area contributed by atoms with E-state index in [-0.39, 0.29) is 5.15 Å². The van der Waals surface area contributed by atoms with Gasteiger partial charge < -0.3 is 4.74 Å². The maximum absolute atomic E-state index is 11.5. The first-order chi connectivity index (χ1) is 7.29. The normalized spacial score (nSPS) is 11.1. The van der Waals surface area contributed by atoms with E-state index in [1.54, 1.807) is 33.0 Å². The van der Waals surface area contributed by atoms with E-state index in [2.05, 4.69) is 32.9 Å². The summed E-state index contributed by atoms with van der Waals surface area (Å²) in [5, 5.41) is 2.82. The van der Waals surface area contributed by atoms with Gasteiger partial charge in [0.15, 0.2) is 5.15 Å². The SMILES string of the molecule is CC(C)(C)OC(=O)Nc1c(I)ccnc1Cl. The summed E-state index contributed by atoms with van der Waals surface area (Å²) in [7, 11) is 0. The summed E-state index contributed by atoms with van der Waals surface area (Å²) in [4.78, 5) is 15.4. The number of hydrogen-bond acceptors (Lipinski definition) is 3. The number of rotatable bonds is 1. The lowest BCUT2D eigenvalue weighted by atomic mass is 10.2. The van der Waals surface area contributed by atoms with Crippen molar-refractivity contribution in [2.75, 3.05) is 5.32 Å². The van der Waals surface area contributed by atoms with Gasteiger partial charge in [-0.15, -0.1) is 0 Å². The van der Waals surface area contributed by atoms with Crippen LogP contribution in [0.25, 0.3) is 0 Å². The van der Waals surface area contributed by atoms with Crippen LogP contribution >= 0.6 is 34.2 Å². The number of anilines is 1. The maximum Gasteiger partial charge on any atom is 0.412 e. The highest BCUT2D eigenvalue weighted by molar-refractivity contribution is 14.1. The van der Waals surface area contributed by atoms with Crippen LogP contribution in [0.4, 0.5) is 10.5 Å². The molecule has 1 aromatic heterocycles. The molecule has 88 valence electrons. The predicted molar refractivity (Wildman–Crippen MR) is 71.8 cm³/mol. The lowest BCUT2D eigenvalue weighted by molar-refractivity contribution is 0.0636. The van der Waals surface area contributed by atoms with Crippen LogP contribution in [-0.4, -0.2) is 16.7 Å². The van der Waals surface area contributed by atoms with Gasteiger partial charge in [-0.25, -0.2) is 9.78 Å². The van der Waals surface area contributed by atoms with E-state index in [0.717, 1.165) is 3.57 Å². The molecule has 1 N–H and O–H groups in total. The molecule has 0 fully saturated rings. The molecule has 1 amide bonds. The average Bonchev–Trinajstić information content (AvgIpc) is 2.08. The fourth-order valence-electron chi connectivity index (χ4n) is 0.932. The number of nitrogens with one attached hydrogen (secondary N) is 1. The van der Waals surface area contributed by atoms with Crippen molar-refractivity contribution < 1.29 is 9.53 Å². The summed E-state index contributed by atoms with van der Waals surface area (Å²) in [6, 6.07) is 1.75. The Morgan fingerprint density at radius 3 is 2.69 bits per heavy atom. The molecular weight excluding hydrogens is 342 g/mol. The molecule has 0 saturated heterocycles. The number of nitrogens with zero attached hydrogens (tertiary/aromatic N) is 1. The average molecular weight is 355 g/mol. The molecule has 6 heteroatoms. The van der Waals surface area contributed by atoms with Crippen LogP contribution in [0.3, 0.4) is 0 Å². The van der Waals surface area contributed by atoms with E-state index >= 15 is 0 Å². The number of ether oxygens (including phenoxy) is 1. The zero-order valence-electron chi connectivity index (χ0n) is 9.17. The Morgan fingerprint density at radius 1 is 1.56 bits per heavy atom. The largest absolute Gasteiger partial charge is 0.444 e. The summed E-state index contributed by atoms with van der Waals surface area (Å²) in [6.45, 7) is 5.38. The van der Waals surface area contributed by atoms with Gasteiger partial charge in [0.2, 0.25) is 0 Å². The van der Waals surface area contributed by atoms with Crippen LogP contribution in [0.15, 0.2) is 12.3 Å². The molecule has 1 aromatic rings. The van der Waals surface area contributed by atoms with Gasteiger partial charge in [0.1, 0.15) is 5.60 Å². The van der Waals surface area contributed by atoms with Crippen molar-refractivity contribution in [3.8, 4) is 0 Å². The van der Waals surface area contributed by atoms with Gasteiger partial charge in [-0.05, 0) is 49.4 Å². The Bertz CT molecular complexity index is 384. The van der Waals surface area contributed by atoms with Crippen LogP contribution in [-0.2, 0) is 4.74 Å². The van der Waals surface area contributed by atoms with Crippen LogP contribution in [0.1, 0.15) is 20.8 Å².